The van der Waals surface area contributed by atoms with Crippen molar-refractivity contribution in [2.45, 2.75) is 31.3 Å². The summed E-state index contributed by atoms with van der Waals surface area (Å²) < 4.78 is 10.8. The third-order valence-corrected chi connectivity index (χ3v) is 5.36. The summed E-state index contributed by atoms with van der Waals surface area (Å²) in [6.45, 7) is 1.65. The Bertz CT molecular complexity index is 428. The quantitative estimate of drug-likeness (QED) is 0.816. The lowest BCUT2D eigenvalue weighted by molar-refractivity contribution is -0.166. The number of fused-ring (bicyclic) bond motifs is 1. The first-order chi connectivity index (χ1) is 9.54. The summed E-state index contributed by atoms with van der Waals surface area (Å²) in [4.78, 5) is 26.1. The molecule has 1 N–H and O–H groups in total. The van der Waals surface area contributed by atoms with Crippen molar-refractivity contribution in [3.8, 4) is 0 Å². The number of carboxylic acids is 1. The van der Waals surface area contributed by atoms with E-state index in [-0.39, 0.29) is 11.8 Å². The largest absolute Gasteiger partial charge is 0.481 e. The van der Waals surface area contributed by atoms with E-state index in [4.69, 9.17) is 9.47 Å². The number of likely N-dealkylation sites (tertiary alicyclic amines) is 1. The number of aliphatic carboxylic acids is 1. The molecule has 0 aromatic carbocycles. The molecular formula is C14H21NO5. The van der Waals surface area contributed by atoms with Crippen molar-refractivity contribution in [2.75, 3.05) is 33.4 Å². The molecule has 3 fully saturated rings. The maximum Gasteiger partial charge on any atom is 0.311 e. The van der Waals surface area contributed by atoms with Gasteiger partial charge >= 0.3 is 5.97 Å². The van der Waals surface area contributed by atoms with E-state index in [0.29, 0.717) is 32.7 Å². The molecule has 0 radical (unpaired) electrons. The molecule has 2 saturated heterocycles. The molecule has 1 saturated carbocycles. The Morgan fingerprint density at radius 3 is 2.60 bits per heavy atom. The van der Waals surface area contributed by atoms with Crippen LogP contribution < -0.4 is 0 Å². The van der Waals surface area contributed by atoms with Crippen LogP contribution in [0.15, 0.2) is 0 Å². The van der Waals surface area contributed by atoms with Crippen LogP contribution in [0, 0.1) is 11.3 Å². The number of nitrogens with zero attached hydrogens (tertiary/aromatic N) is 1. The minimum absolute atomic E-state index is 0.0405. The third kappa shape index (κ3) is 1.78. The van der Waals surface area contributed by atoms with Crippen LogP contribution in [0.2, 0.25) is 0 Å². The van der Waals surface area contributed by atoms with Gasteiger partial charge in [0.25, 0.3) is 5.91 Å². The Morgan fingerprint density at radius 2 is 2.10 bits per heavy atom. The number of carbonyl (C=O) groups excluding carboxylic acids is 1. The van der Waals surface area contributed by atoms with E-state index in [1.54, 1.807) is 12.0 Å². The summed E-state index contributed by atoms with van der Waals surface area (Å²) in [6, 6.07) is 0. The van der Waals surface area contributed by atoms with E-state index in [1.807, 2.05) is 0 Å². The molecule has 1 amide bonds. The highest BCUT2D eigenvalue weighted by molar-refractivity contribution is 5.88. The smallest absolute Gasteiger partial charge is 0.311 e. The maximum absolute atomic E-state index is 12.7. The lowest BCUT2D eigenvalue weighted by atomic mass is 9.74. The fourth-order valence-corrected chi connectivity index (χ4v) is 3.75. The number of carboxylic acid groups (broad SMARTS) is 1. The fourth-order valence-electron chi connectivity index (χ4n) is 3.75. The van der Waals surface area contributed by atoms with E-state index >= 15 is 0 Å². The van der Waals surface area contributed by atoms with Crippen molar-refractivity contribution in [3.05, 3.63) is 0 Å². The van der Waals surface area contributed by atoms with Gasteiger partial charge in [-0.1, -0.05) is 0 Å². The van der Waals surface area contributed by atoms with Crippen LogP contribution in [-0.4, -0.2) is 60.9 Å². The first kappa shape index (κ1) is 13.8. The van der Waals surface area contributed by atoms with E-state index in [9.17, 15) is 14.7 Å². The molecule has 0 aromatic rings. The number of hydrogen-bond acceptors (Lipinski definition) is 4. The summed E-state index contributed by atoms with van der Waals surface area (Å²) in [6.07, 6.45) is 2.95. The molecule has 3 aliphatic rings. The molecule has 0 unspecified atom stereocenters. The van der Waals surface area contributed by atoms with Crippen LogP contribution >= 0.6 is 0 Å². The normalized spacial score (nSPS) is 35.2. The lowest BCUT2D eigenvalue weighted by Crippen LogP contribution is -2.54. The first-order valence-electron chi connectivity index (χ1n) is 7.20. The average Bonchev–Trinajstić information content (AvgIpc) is 2.78. The van der Waals surface area contributed by atoms with Crippen molar-refractivity contribution in [1.29, 1.82) is 0 Å². The summed E-state index contributed by atoms with van der Waals surface area (Å²) in [7, 11) is 1.57. The Hall–Kier alpha value is -1.14. The van der Waals surface area contributed by atoms with Gasteiger partial charge in [0.15, 0.2) is 0 Å². The van der Waals surface area contributed by atoms with Crippen molar-refractivity contribution in [3.63, 3.8) is 0 Å². The van der Waals surface area contributed by atoms with Gasteiger partial charge in [0.1, 0.15) is 5.60 Å². The number of rotatable bonds is 3. The van der Waals surface area contributed by atoms with Gasteiger partial charge in [-0.2, -0.15) is 0 Å². The second kappa shape index (κ2) is 4.70. The van der Waals surface area contributed by atoms with Crippen LogP contribution in [0.5, 0.6) is 0 Å². The highest BCUT2D eigenvalue weighted by atomic mass is 16.5. The molecule has 3 rings (SSSR count). The molecule has 1 aliphatic carbocycles. The number of hydrogen-bond donors (Lipinski definition) is 1. The van der Waals surface area contributed by atoms with Crippen LogP contribution in [0.25, 0.3) is 0 Å². The van der Waals surface area contributed by atoms with Gasteiger partial charge in [0.2, 0.25) is 0 Å². The molecule has 2 aliphatic heterocycles. The summed E-state index contributed by atoms with van der Waals surface area (Å²) in [5, 5.41) is 9.61. The molecule has 2 heterocycles. The number of carbonyl (C=O) groups is 2. The van der Waals surface area contributed by atoms with Crippen molar-refractivity contribution < 1.29 is 24.2 Å². The van der Waals surface area contributed by atoms with Gasteiger partial charge in [-0.25, -0.2) is 0 Å². The van der Waals surface area contributed by atoms with Crippen molar-refractivity contribution in [2.24, 2.45) is 11.3 Å². The van der Waals surface area contributed by atoms with Crippen molar-refractivity contribution >= 4 is 11.9 Å². The Morgan fingerprint density at radius 1 is 1.35 bits per heavy atom. The minimum Gasteiger partial charge on any atom is -0.481 e. The molecule has 0 spiro atoms. The predicted molar refractivity (Wildman–Crippen MR) is 69.2 cm³/mol. The second-order valence-corrected chi connectivity index (χ2v) is 6.22. The molecule has 0 aromatic heterocycles. The van der Waals surface area contributed by atoms with Gasteiger partial charge in [-0.3, -0.25) is 9.59 Å². The van der Waals surface area contributed by atoms with Gasteiger partial charge in [0.05, 0.1) is 12.0 Å². The zero-order valence-electron chi connectivity index (χ0n) is 11.8. The van der Waals surface area contributed by atoms with Gasteiger partial charge in [-0.05, 0) is 25.7 Å². The van der Waals surface area contributed by atoms with Crippen LogP contribution in [-0.2, 0) is 19.1 Å². The van der Waals surface area contributed by atoms with E-state index in [1.165, 1.54) is 0 Å². The van der Waals surface area contributed by atoms with Crippen molar-refractivity contribution in [1.82, 2.24) is 4.90 Å². The topological polar surface area (TPSA) is 76.1 Å². The zero-order chi connectivity index (χ0) is 14.4. The highest BCUT2D eigenvalue weighted by Gasteiger charge is 2.58. The predicted octanol–water partition coefficient (Wildman–Crippen LogP) is 0.505. The summed E-state index contributed by atoms with van der Waals surface area (Å²) in [5.41, 5.74) is -1.53. The first-order valence-corrected chi connectivity index (χ1v) is 7.20. The number of ether oxygens (including phenoxy) is 2. The molecule has 2 atom stereocenters. The standard InChI is InChI=1S/C14H21NO5/c1-19-14(3-2-4-14)11(16)15-7-10-8-20-6-5-13(10,9-15)12(17)18/h10H,2-9H2,1H3,(H,17,18)/t10-,13+/m0/s1. The van der Waals surface area contributed by atoms with Crippen LogP contribution in [0.1, 0.15) is 25.7 Å². The Labute approximate surface area is 118 Å². The lowest BCUT2D eigenvalue weighted by Gasteiger charge is -2.41. The molecule has 0 bridgehead atoms. The minimum atomic E-state index is -0.827. The fraction of sp³-hybridized carbons (Fsp3) is 0.857. The molecule has 6 heteroatoms. The zero-order valence-corrected chi connectivity index (χ0v) is 11.8. The van der Waals surface area contributed by atoms with Gasteiger partial charge in [0, 0.05) is 32.7 Å². The van der Waals surface area contributed by atoms with Crippen LogP contribution in [0.3, 0.4) is 0 Å². The maximum atomic E-state index is 12.7. The SMILES string of the molecule is COC1(C(=O)N2C[C@H]3COCC[C@@]3(C(=O)O)C2)CCC1. The summed E-state index contributed by atoms with van der Waals surface area (Å²) in [5.74, 6) is -0.950. The number of methoxy groups -OCH3 is 1. The van der Waals surface area contributed by atoms with E-state index < -0.39 is 17.0 Å². The third-order valence-electron chi connectivity index (χ3n) is 5.36. The molecular weight excluding hydrogens is 262 g/mol. The summed E-state index contributed by atoms with van der Waals surface area (Å²) >= 11 is 0. The molecule has 6 nitrogen and oxygen atoms in total. The second-order valence-electron chi connectivity index (χ2n) is 6.22. The van der Waals surface area contributed by atoms with Crippen LogP contribution in [0.4, 0.5) is 0 Å². The monoisotopic (exact) mass is 283 g/mol. The van der Waals surface area contributed by atoms with E-state index in [0.717, 1.165) is 19.3 Å². The Kier molecular flexibility index (Phi) is 3.25. The average molecular weight is 283 g/mol. The van der Waals surface area contributed by atoms with Gasteiger partial charge in [-0.15, -0.1) is 0 Å². The molecule has 112 valence electrons. The van der Waals surface area contributed by atoms with Gasteiger partial charge < -0.3 is 19.5 Å². The Balaban J connectivity index is 1.80. The highest BCUT2D eigenvalue weighted by Crippen LogP contribution is 2.45. The number of amides is 1. The molecule has 20 heavy (non-hydrogen) atoms. The van der Waals surface area contributed by atoms with E-state index in [2.05, 4.69) is 0 Å².